The van der Waals surface area contributed by atoms with E-state index in [1.807, 2.05) is 11.8 Å². The molecule has 88 valence electrons. The van der Waals surface area contributed by atoms with Gasteiger partial charge in [0.15, 0.2) is 0 Å². The summed E-state index contributed by atoms with van der Waals surface area (Å²) < 4.78 is 1.20. The lowest BCUT2D eigenvalue weighted by Gasteiger charge is -2.35. The van der Waals surface area contributed by atoms with E-state index in [-0.39, 0.29) is 0 Å². The number of halogens is 1. The molecule has 1 atom stereocenters. The van der Waals surface area contributed by atoms with Gasteiger partial charge in [0.2, 0.25) is 0 Å². The lowest BCUT2D eigenvalue weighted by atomic mass is 10.2. The molecule has 1 aliphatic heterocycles. The van der Waals surface area contributed by atoms with Crippen molar-refractivity contribution in [3.05, 3.63) is 22.7 Å². The molecule has 2 N–H and O–H groups in total. The first-order valence-electron chi connectivity index (χ1n) is 5.62. The van der Waals surface area contributed by atoms with E-state index in [1.165, 1.54) is 15.1 Å². The van der Waals surface area contributed by atoms with Crippen LogP contribution < -0.4 is 10.6 Å². The van der Waals surface area contributed by atoms with Gasteiger partial charge in [-0.3, -0.25) is 0 Å². The van der Waals surface area contributed by atoms with Crippen LogP contribution in [-0.2, 0) is 0 Å². The molecule has 0 aliphatic carbocycles. The predicted molar refractivity (Wildman–Crippen MR) is 75.3 cm³/mol. The molecule has 0 saturated carbocycles. The van der Waals surface area contributed by atoms with Crippen molar-refractivity contribution in [1.82, 2.24) is 0 Å². The lowest BCUT2D eigenvalue weighted by molar-refractivity contribution is 0.712. The molecule has 0 radical (unpaired) electrons. The molecule has 0 aromatic heterocycles. The fourth-order valence-electron chi connectivity index (χ4n) is 2.04. The highest BCUT2D eigenvalue weighted by atomic mass is 79.9. The Labute approximate surface area is 110 Å². The summed E-state index contributed by atoms with van der Waals surface area (Å²) in [5.74, 6) is 0. The average molecular weight is 301 g/mol. The Morgan fingerprint density at radius 2 is 2.38 bits per heavy atom. The molecule has 1 aromatic carbocycles. The van der Waals surface area contributed by atoms with Crippen LogP contribution in [0.2, 0.25) is 0 Å². The van der Waals surface area contributed by atoms with E-state index in [2.05, 4.69) is 46.0 Å². The van der Waals surface area contributed by atoms with Gasteiger partial charge in [0.1, 0.15) is 0 Å². The Kier molecular flexibility index (Phi) is 4.16. The molecule has 1 heterocycles. The molecule has 2 rings (SSSR count). The lowest BCUT2D eigenvalue weighted by Crippen LogP contribution is -2.35. The van der Waals surface area contributed by atoms with Gasteiger partial charge in [-0.25, -0.2) is 0 Å². The van der Waals surface area contributed by atoms with Crippen molar-refractivity contribution in [2.75, 3.05) is 24.5 Å². The highest BCUT2D eigenvalue weighted by Gasteiger charge is 2.23. The number of nitrogens with zero attached hydrogens (tertiary/aromatic N) is 1. The van der Waals surface area contributed by atoms with Gasteiger partial charge < -0.3 is 10.6 Å². The zero-order valence-corrected chi connectivity index (χ0v) is 11.9. The second-order valence-electron chi connectivity index (χ2n) is 4.10. The van der Waals surface area contributed by atoms with E-state index in [1.54, 1.807) is 0 Å². The van der Waals surface area contributed by atoms with Gasteiger partial charge in [-0.05, 0) is 41.0 Å². The maximum Gasteiger partial charge on any atom is 0.0649 e. The fourth-order valence-corrected chi connectivity index (χ4v) is 3.98. The SMILES string of the molecule is CC1CN(CCCN)c2c(Br)cccc2S1. The zero-order valence-electron chi connectivity index (χ0n) is 9.45. The van der Waals surface area contributed by atoms with E-state index >= 15 is 0 Å². The second kappa shape index (κ2) is 5.43. The van der Waals surface area contributed by atoms with Crippen molar-refractivity contribution in [2.24, 2.45) is 5.73 Å². The summed E-state index contributed by atoms with van der Waals surface area (Å²) in [6.07, 6.45) is 1.05. The van der Waals surface area contributed by atoms with E-state index in [9.17, 15) is 0 Å². The molecule has 1 unspecified atom stereocenters. The van der Waals surface area contributed by atoms with Crippen LogP contribution in [0.3, 0.4) is 0 Å². The maximum atomic E-state index is 5.59. The number of rotatable bonds is 3. The first-order valence-corrected chi connectivity index (χ1v) is 7.30. The van der Waals surface area contributed by atoms with Crippen LogP contribution in [0.4, 0.5) is 5.69 Å². The van der Waals surface area contributed by atoms with E-state index in [4.69, 9.17) is 5.73 Å². The van der Waals surface area contributed by atoms with E-state index in [0.29, 0.717) is 5.25 Å². The van der Waals surface area contributed by atoms with Crippen molar-refractivity contribution in [2.45, 2.75) is 23.5 Å². The Morgan fingerprint density at radius 1 is 1.56 bits per heavy atom. The molecule has 2 nitrogen and oxygen atoms in total. The number of fused-ring (bicyclic) bond motifs is 1. The standard InChI is InChI=1S/C12H17BrN2S/c1-9-8-15(7-3-6-14)12-10(13)4-2-5-11(12)16-9/h2,4-5,9H,3,6-8,14H2,1H3. The maximum absolute atomic E-state index is 5.59. The van der Waals surface area contributed by atoms with Crippen LogP contribution in [0.25, 0.3) is 0 Å². The molecule has 0 saturated heterocycles. The molecule has 0 bridgehead atoms. The quantitative estimate of drug-likeness (QED) is 0.930. The molecule has 0 spiro atoms. The van der Waals surface area contributed by atoms with Crippen LogP contribution in [0.15, 0.2) is 27.6 Å². The Balaban J connectivity index is 2.28. The summed E-state index contributed by atoms with van der Waals surface area (Å²) in [4.78, 5) is 3.83. The minimum absolute atomic E-state index is 0.652. The normalized spacial score (nSPS) is 19.7. The minimum Gasteiger partial charge on any atom is -0.369 e. The summed E-state index contributed by atoms with van der Waals surface area (Å²) in [6, 6.07) is 6.43. The number of nitrogens with two attached hydrogens (primary N) is 1. The smallest absolute Gasteiger partial charge is 0.0649 e. The van der Waals surface area contributed by atoms with Crippen LogP contribution in [0.1, 0.15) is 13.3 Å². The van der Waals surface area contributed by atoms with Crippen molar-refractivity contribution >= 4 is 33.4 Å². The van der Waals surface area contributed by atoms with E-state index in [0.717, 1.165) is 26.1 Å². The summed E-state index contributed by atoms with van der Waals surface area (Å²) in [5, 5.41) is 0.652. The van der Waals surface area contributed by atoms with Gasteiger partial charge >= 0.3 is 0 Å². The van der Waals surface area contributed by atoms with Crippen molar-refractivity contribution in [1.29, 1.82) is 0 Å². The molecule has 0 fully saturated rings. The molecule has 1 aliphatic rings. The second-order valence-corrected chi connectivity index (χ2v) is 6.44. The van der Waals surface area contributed by atoms with Gasteiger partial charge in [0.25, 0.3) is 0 Å². The van der Waals surface area contributed by atoms with Crippen LogP contribution in [0.5, 0.6) is 0 Å². The number of hydrogen-bond donors (Lipinski definition) is 1. The zero-order chi connectivity index (χ0) is 11.5. The molecular weight excluding hydrogens is 284 g/mol. The third-order valence-electron chi connectivity index (χ3n) is 2.70. The first kappa shape index (κ1) is 12.3. The number of benzene rings is 1. The van der Waals surface area contributed by atoms with Gasteiger partial charge in [0.05, 0.1) is 5.69 Å². The summed E-state index contributed by atoms with van der Waals surface area (Å²) in [7, 11) is 0. The average Bonchev–Trinajstić information content (AvgIpc) is 2.25. The topological polar surface area (TPSA) is 29.3 Å². The Morgan fingerprint density at radius 3 is 3.12 bits per heavy atom. The summed E-state index contributed by atoms with van der Waals surface area (Å²) >= 11 is 5.61. The summed E-state index contributed by atoms with van der Waals surface area (Å²) in [5.41, 5.74) is 6.94. The molecular formula is C12H17BrN2S. The fraction of sp³-hybridized carbons (Fsp3) is 0.500. The van der Waals surface area contributed by atoms with Crippen LogP contribution >= 0.6 is 27.7 Å². The van der Waals surface area contributed by atoms with Gasteiger partial charge in [-0.2, -0.15) is 0 Å². The van der Waals surface area contributed by atoms with Gasteiger partial charge in [-0.1, -0.05) is 13.0 Å². The molecule has 4 heteroatoms. The molecule has 1 aromatic rings. The molecule has 0 amide bonds. The van der Waals surface area contributed by atoms with E-state index < -0.39 is 0 Å². The predicted octanol–water partition coefficient (Wildman–Crippen LogP) is 3.10. The van der Waals surface area contributed by atoms with Gasteiger partial charge in [-0.15, -0.1) is 11.8 Å². The number of hydrogen-bond acceptors (Lipinski definition) is 3. The first-order chi connectivity index (χ1) is 7.72. The largest absolute Gasteiger partial charge is 0.369 e. The number of para-hydroxylation sites is 1. The highest BCUT2D eigenvalue weighted by molar-refractivity contribution is 9.10. The highest BCUT2D eigenvalue weighted by Crippen LogP contribution is 2.42. The minimum atomic E-state index is 0.652. The third-order valence-corrected chi connectivity index (χ3v) is 4.48. The summed E-state index contributed by atoms with van der Waals surface area (Å²) in [6.45, 7) is 5.21. The van der Waals surface area contributed by atoms with Crippen molar-refractivity contribution in [3.8, 4) is 0 Å². The monoisotopic (exact) mass is 300 g/mol. The number of anilines is 1. The van der Waals surface area contributed by atoms with Crippen molar-refractivity contribution < 1.29 is 0 Å². The third kappa shape index (κ3) is 2.55. The molecule has 16 heavy (non-hydrogen) atoms. The Bertz CT molecular complexity index is 370. The van der Waals surface area contributed by atoms with Crippen molar-refractivity contribution in [3.63, 3.8) is 0 Å². The van der Waals surface area contributed by atoms with Crippen LogP contribution in [0, 0.1) is 0 Å². The Hall–Kier alpha value is -0.190. The van der Waals surface area contributed by atoms with Gasteiger partial charge in [0, 0.05) is 27.7 Å². The van der Waals surface area contributed by atoms with Crippen LogP contribution in [-0.4, -0.2) is 24.9 Å². The number of thioether (sulfide) groups is 1.